The van der Waals surface area contributed by atoms with Gasteiger partial charge in [-0.15, -0.1) is 12.4 Å². The van der Waals surface area contributed by atoms with E-state index in [1.165, 1.54) is 23.5 Å². The number of amides is 1. The summed E-state index contributed by atoms with van der Waals surface area (Å²) in [6, 6.07) is 9.84. The van der Waals surface area contributed by atoms with Gasteiger partial charge < -0.3 is 4.90 Å². The lowest BCUT2D eigenvalue weighted by Gasteiger charge is -2.21. The molecule has 2 aromatic carbocycles. The van der Waals surface area contributed by atoms with Crippen LogP contribution in [-0.2, 0) is 11.2 Å². The largest absolute Gasteiger partial charge is 0.309 e. The smallest absolute Gasteiger partial charge is 0.269 e. The highest BCUT2D eigenvalue weighted by Crippen LogP contribution is 2.34. The van der Waals surface area contributed by atoms with Gasteiger partial charge in [0.1, 0.15) is 0 Å². The van der Waals surface area contributed by atoms with Crippen molar-refractivity contribution in [2.45, 2.75) is 19.8 Å². The Bertz CT molecular complexity index is 1070. The molecule has 10 heteroatoms. The zero-order valence-electron chi connectivity index (χ0n) is 17.5. The number of nitro benzene ring substituents is 1. The summed E-state index contributed by atoms with van der Waals surface area (Å²) in [6.07, 6.45) is 0.949. The first kappa shape index (κ1) is 25.0. The Labute approximate surface area is 196 Å². The topological polar surface area (TPSA) is 79.6 Å². The number of aryl methyl sites for hydroxylation is 1. The van der Waals surface area contributed by atoms with E-state index < -0.39 is 4.92 Å². The summed E-state index contributed by atoms with van der Waals surface area (Å²) in [5, 5.41) is 12.1. The van der Waals surface area contributed by atoms with Gasteiger partial charge in [0.05, 0.1) is 21.6 Å². The standard InChI is InChI=1S/C21H23ClN4O3S.ClH/c1-14-17(22)9-10-18-20(14)23-21(30-18)25(12-4-11-24(2)3)19(27)13-15-5-7-16(8-6-15)26(28)29;/h5-10H,4,11-13H2,1-3H3;1H. The number of carbonyl (C=O) groups is 1. The number of nitrogens with zero attached hydrogens (tertiary/aromatic N) is 4. The van der Waals surface area contributed by atoms with Crippen LogP contribution in [-0.4, -0.2) is 47.9 Å². The van der Waals surface area contributed by atoms with Gasteiger partial charge in [0.2, 0.25) is 5.91 Å². The van der Waals surface area contributed by atoms with Gasteiger partial charge in [0.15, 0.2) is 5.13 Å². The molecule has 0 atom stereocenters. The maximum absolute atomic E-state index is 13.2. The molecular formula is C21H24Cl2N4O3S. The zero-order chi connectivity index (χ0) is 21.8. The number of hydrogen-bond acceptors (Lipinski definition) is 6. The number of aromatic nitrogens is 1. The van der Waals surface area contributed by atoms with Crippen molar-refractivity contribution < 1.29 is 9.72 Å². The molecule has 3 rings (SSSR count). The van der Waals surface area contributed by atoms with Gasteiger partial charge in [-0.1, -0.05) is 35.1 Å². The van der Waals surface area contributed by atoms with Gasteiger partial charge in [0.25, 0.3) is 5.69 Å². The Morgan fingerprint density at radius 2 is 1.84 bits per heavy atom. The number of hydrogen-bond donors (Lipinski definition) is 0. The minimum atomic E-state index is -0.451. The van der Waals surface area contributed by atoms with Gasteiger partial charge in [-0.25, -0.2) is 4.98 Å². The highest BCUT2D eigenvalue weighted by Gasteiger charge is 2.21. The van der Waals surface area contributed by atoms with Gasteiger partial charge in [-0.05, 0) is 57.2 Å². The van der Waals surface area contributed by atoms with Crippen LogP contribution in [0.1, 0.15) is 17.5 Å². The van der Waals surface area contributed by atoms with Gasteiger partial charge >= 0.3 is 0 Å². The average Bonchev–Trinajstić information content (AvgIpc) is 3.13. The highest BCUT2D eigenvalue weighted by atomic mass is 35.5. The van der Waals surface area contributed by atoms with Crippen molar-refractivity contribution in [3.8, 4) is 0 Å². The predicted octanol–water partition coefficient (Wildman–Crippen LogP) is 5.12. The molecule has 0 N–H and O–H groups in total. The Hall–Kier alpha value is -2.26. The van der Waals surface area contributed by atoms with Crippen LogP contribution < -0.4 is 4.90 Å². The van der Waals surface area contributed by atoms with Crippen LogP contribution in [0, 0.1) is 17.0 Å². The molecule has 1 amide bonds. The summed E-state index contributed by atoms with van der Waals surface area (Å²) in [5.74, 6) is -0.0922. The minimum Gasteiger partial charge on any atom is -0.309 e. The molecule has 31 heavy (non-hydrogen) atoms. The number of benzene rings is 2. The van der Waals surface area contributed by atoms with Crippen LogP contribution in [0.3, 0.4) is 0 Å². The first-order chi connectivity index (χ1) is 14.3. The molecule has 0 bridgehead atoms. The second kappa shape index (κ2) is 10.9. The van der Waals surface area contributed by atoms with Crippen LogP contribution >= 0.6 is 35.3 Å². The highest BCUT2D eigenvalue weighted by molar-refractivity contribution is 7.22. The fraction of sp³-hybridized carbons (Fsp3) is 0.333. The fourth-order valence-electron chi connectivity index (χ4n) is 3.08. The van der Waals surface area contributed by atoms with Crippen LogP contribution in [0.15, 0.2) is 36.4 Å². The molecule has 0 saturated carbocycles. The maximum atomic E-state index is 13.2. The summed E-state index contributed by atoms with van der Waals surface area (Å²) in [4.78, 5) is 32.0. The maximum Gasteiger partial charge on any atom is 0.269 e. The lowest BCUT2D eigenvalue weighted by molar-refractivity contribution is -0.384. The zero-order valence-corrected chi connectivity index (χ0v) is 19.9. The predicted molar refractivity (Wildman–Crippen MR) is 129 cm³/mol. The molecule has 1 heterocycles. The number of halogens is 2. The molecule has 0 unspecified atom stereocenters. The quantitative estimate of drug-likeness (QED) is 0.328. The number of carbonyl (C=O) groups excluding carboxylic acids is 1. The number of nitro groups is 1. The van der Waals surface area contributed by atoms with Crippen molar-refractivity contribution in [3.63, 3.8) is 0 Å². The number of thiazole rings is 1. The molecule has 0 aliphatic rings. The van der Waals surface area contributed by atoms with Crippen molar-refractivity contribution in [3.05, 3.63) is 62.7 Å². The molecule has 3 aromatic rings. The van der Waals surface area contributed by atoms with Crippen molar-refractivity contribution in [1.29, 1.82) is 0 Å². The second-order valence-corrected chi connectivity index (χ2v) is 8.73. The van der Waals surface area contributed by atoms with E-state index in [4.69, 9.17) is 16.6 Å². The molecule has 0 spiro atoms. The first-order valence-electron chi connectivity index (χ1n) is 9.50. The average molecular weight is 483 g/mol. The molecule has 0 fully saturated rings. The molecule has 0 aliphatic carbocycles. The number of rotatable bonds is 8. The van der Waals surface area contributed by atoms with Crippen LogP contribution in [0.4, 0.5) is 10.8 Å². The third-order valence-electron chi connectivity index (χ3n) is 4.76. The van der Waals surface area contributed by atoms with Crippen molar-refractivity contribution >= 4 is 62.3 Å². The summed E-state index contributed by atoms with van der Waals surface area (Å²) in [5.41, 5.74) is 2.44. The lowest BCUT2D eigenvalue weighted by Crippen LogP contribution is -2.34. The number of fused-ring (bicyclic) bond motifs is 1. The van der Waals surface area contributed by atoms with Crippen molar-refractivity contribution in [2.24, 2.45) is 0 Å². The van der Waals surface area contributed by atoms with E-state index in [0.717, 1.165) is 34.3 Å². The van der Waals surface area contributed by atoms with E-state index in [2.05, 4.69) is 4.90 Å². The summed E-state index contributed by atoms with van der Waals surface area (Å²) < 4.78 is 0.979. The molecule has 0 saturated heterocycles. The van der Waals surface area contributed by atoms with Crippen molar-refractivity contribution in [1.82, 2.24) is 9.88 Å². The van der Waals surface area contributed by atoms with Crippen LogP contribution in [0.25, 0.3) is 10.2 Å². The van der Waals surface area contributed by atoms with Crippen LogP contribution in [0.5, 0.6) is 0 Å². The Morgan fingerprint density at radius 3 is 2.45 bits per heavy atom. The lowest BCUT2D eigenvalue weighted by atomic mass is 10.1. The fourth-order valence-corrected chi connectivity index (χ4v) is 4.30. The number of anilines is 1. The van der Waals surface area contributed by atoms with Crippen LogP contribution in [0.2, 0.25) is 5.02 Å². The summed E-state index contributed by atoms with van der Waals surface area (Å²) in [7, 11) is 3.98. The molecule has 7 nitrogen and oxygen atoms in total. The van der Waals surface area contributed by atoms with E-state index >= 15 is 0 Å². The van der Waals surface area contributed by atoms with Gasteiger partial charge in [-0.2, -0.15) is 0 Å². The molecule has 166 valence electrons. The Morgan fingerprint density at radius 1 is 1.16 bits per heavy atom. The Balaban J connectivity index is 0.00000341. The van der Waals surface area contributed by atoms with Gasteiger partial charge in [-0.3, -0.25) is 19.8 Å². The first-order valence-corrected chi connectivity index (χ1v) is 10.7. The van der Waals surface area contributed by atoms with E-state index in [9.17, 15) is 14.9 Å². The monoisotopic (exact) mass is 482 g/mol. The molecule has 0 aliphatic heterocycles. The van der Waals surface area contributed by atoms with E-state index in [0.29, 0.717) is 16.7 Å². The molecule has 0 radical (unpaired) electrons. The third kappa shape index (κ3) is 6.13. The number of non-ortho nitro benzene ring substituents is 1. The van der Waals surface area contributed by atoms with E-state index in [1.54, 1.807) is 17.0 Å². The normalized spacial score (nSPS) is 10.9. The molecular weight excluding hydrogens is 459 g/mol. The van der Waals surface area contributed by atoms with E-state index in [-0.39, 0.29) is 30.4 Å². The van der Waals surface area contributed by atoms with Crippen molar-refractivity contribution in [2.75, 3.05) is 32.1 Å². The Kier molecular flexibility index (Phi) is 8.76. The molecule has 1 aromatic heterocycles. The SMILES string of the molecule is Cc1c(Cl)ccc2sc(N(CCCN(C)C)C(=O)Cc3ccc([N+](=O)[O-])cc3)nc12.Cl. The van der Waals surface area contributed by atoms with E-state index in [1.807, 2.05) is 33.2 Å². The summed E-state index contributed by atoms with van der Waals surface area (Å²) in [6.45, 7) is 3.30. The summed E-state index contributed by atoms with van der Waals surface area (Å²) >= 11 is 7.70. The second-order valence-electron chi connectivity index (χ2n) is 7.32. The minimum absolute atomic E-state index is 0. The van der Waals surface area contributed by atoms with Gasteiger partial charge in [0, 0.05) is 23.7 Å². The third-order valence-corrected chi connectivity index (χ3v) is 6.21.